The summed E-state index contributed by atoms with van der Waals surface area (Å²) >= 11 is 0. The summed E-state index contributed by atoms with van der Waals surface area (Å²) in [4.78, 5) is 28.7. The molecular formula is C23H39N5O7S. The summed E-state index contributed by atoms with van der Waals surface area (Å²) in [5.74, 6) is -0.154. The van der Waals surface area contributed by atoms with Crippen LogP contribution in [-0.4, -0.2) is 65.5 Å². The summed E-state index contributed by atoms with van der Waals surface area (Å²) in [5.41, 5.74) is 6.86. The van der Waals surface area contributed by atoms with Gasteiger partial charge in [0.1, 0.15) is 24.1 Å². The van der Waals surface area contributed by atoms with E-state index >= 15 is 0 Å². The van der Waals surface area contributed by atoms with Crippen molar-refractivity contribution in [3.63, 3.8) is 0 Å². The third-order valence-corrected chi connectivity index (χ3v) is 6.68. The maximum absolute atomic E-state index is 13.0. The summed E-state index contributed by atoms with van der Waals surface area (Å²) in [6.45, 7) is 10.3. The molecule has 0 radical (unpaired) electrons. The summed E-state index contributed by atoms with van der Waals surface area (Å²) in [7, 11) is -1.05. The van der Waals surface area contributed by atoms with Crippen molar-refractivity contribution < 1.29 is 32.2 Å². The molecule has 0 heterocycles. The van der Waals surface area contributed by atoms with E-state index in [-0.39, 0.29) is 30.6 Å². The number of aliphatic imine (C=N–C) groups is 1. The maximum Gasteiger partial charge on any atom is 0.408 e. The predicted molar refractivity (Wildman–Crippen MR) is 136 cm³/mol. The minimum absolute atomic E-state index is 0.0259. The van der Waals surface area contributed by atoms with Crippen molar-refractivity contribution in [2.24, 2.45) is 10.7 Å². The number of amides is 2. The molecule has 0 bridgehead atoms. The van der Waals surface area contributed by atoms with Crippen LogP contribution in [0.2, 0.25) is 0 Å². The Bertz CT molecular complexity index is 1070. The molecule has 12 nitrogen and oxygen atoms in total. The molecular weight excluding hydrogens is 490 g/mol. The lowest BCUT2D eigenvalue weighted by Crippen LogP contribution is -2.48. The van der Waals surface area contributed by atoms with Gasteiger partial charge in [-0.1, -0.05) is 0 Å². The van der Waals surface area contributed by atoms with Crippen molar-refractivity contribution in [2.75, 3.05) is 27.5 Å². The van der Waals surface area contributed by atoms with Gasteiger partial charge < -0.3 is 30.6 Å². The Morgan fingerprint density at radius 2 is 1.78 bits per heavy atom. The first-order valence-corrected chi connectivity index (χ1v) is 12.8. The SMILES string of the molecule is COCNC(=O)[C@H](CCCN=C(N)NS(=O)(=O)c1c(C)cc(OC)c(C)c1C)NC(=O)OC(C)(C)C. The van der Waals surface area contributed by atoms with E-state index in [0.717, 1.165) is 0 Å². The van der Waals surface area contributed by atoms with Crippen LogP contribution < -0.4 is 25.8 Å². The van der Waals surface area contributed by atoms with Crippen LogP contribution in [0, 0.1) is 20.8 Å². The first-order chi connectivity index (χ1) is 16.6. The third-order valence-electron chi connectivity index (χ3n) is 5.04. The number of sulfonamides is 1. The Morgan fingerprint density at radius 3 is 2.33 bits per heavy atom. The van der Waals surface area contributed by atoms with Crippen molar-refractivity contribution in [2.45, 2.75) is 70.9 Å². The van der Waals surface area contributed by atoms with Crippen LogP contribution in [0.1, 0.15) is 50.3 Å². The Hall–Kier alpha value is -3.06. The molecule has 0 aliphatic heterocycles. The van der Waals surface area contributed by atoms with Crippen LogP contribution in [0.5, 0.6) is 5.75 Å². The van der Waals surface area contributed by atoms with E-state index in [0.29, 0.717) is 28.9 Å². The van der Waals surface area contributed by atoms with Gasteiger partial charge in [-0.3, -0.25) is 9.79 Å². The standard InChI is InChI=1S/C23H39N5O7S/c1-14-12-18(34-8)15(2)16(3)19(14)36(31,32)28-21(24)25-11-9-10-17(20(29)26-13-33-7)27-22(30)35-23(4,5)6/h12,17H,9-11,13H2,1-8H3,(H,26,29)(H,27,30)(H3,24,25,28)/t17-/m0/s1. The van der Waals surface area contributed by atoms with Crippen LogP contribution >= 0.6 is 0 Å². The van der Waals surface area contributed by atoms with E-state index in [9.17, 15) is 18.0 Å². The second-order valence-corrected chi connectivity index (χ2v) is 10.8. The Labute approximate surface area is 213 Å². The number of nitrogens with two attached hydrogens (primary N) is 1. The molecule has 0 saturated carbocycles. The van der Waals surface area contributed by atoms with Crippen molar-refractivity contribution >= 4 is 28.0 Å². The molecule has 0 fully saturated rings. The molecule has 0 saturated heterocycles. The third kappa shape index (κ3) is 9.53. The second-order valence-electron chi connectivity index (χ2n) is 9.16. The van der Waals surface area contributed by atoms with E-state index in [4.69, 9.17) is 19.9 Å². The first-order valence-electron chi connectivity index (χ1n) is 11.4. The smallest absolute Gasteiger partial charge is 0.408 e. The molecule has 5 N–H and O–H groups in total. The quantitative estimate of drug-likeness (QED) is 0.145. The number of methoxy groups -OCH3 is 2. The number of nitrogens with one attached hydrogen (secondary N) is 3. The molecule has 1 aromatic carbocycles. The number of carbonyl (C=O) groups excluding carboxylic acids is 2. The topological polar surface area (TPSA) is 170 Å². The highest BCUT2D eigenvalue weighted by Gasteiger charge is 2.25. The average Bonchev–Trinajstić information content (AvgIpc) is 2.74. The average molecular weight is 530 g/mol. The van der Waals surface area contributed by atoms with Crippen LogP contribution in [0.3, 0.4) is 0 Å². The Kier molecular flexibility index (Phi) is 11.4. The highest BCUT2D eigenvalue weighted by Crippen LogP contribution is 2.30. The minimum atomic E-state index is -3.99. The summed E-state index contributed by atoms with van der Waals surface area (Å²) < 4.78 is 43.6. The van der Waals surface area contributed by atoms with Gasteiger partial charge in [-0.25, -0.2) is 17.9 Å². The zero-order chi connectivity index (χ0) is 27.7. The van der Waals surface area contributed by atoms with E-state index in [2.05, 4.69) is 20.3 Å². The largest absolute Gasteiger partial charge is 0.496 e. The number of nitrogens with zero attached hydrogens (tertiary/aromatic N) is 1. The molecule has 1 aromatic rings. The van der Waals surface area contributed by atoms with E-state index in [1.807, 2.05) is 0 Å². The molecule has 204 valence electrons. The number of benzene rings is 1. The van der Waals surface area contributed by atoms with Gasteiger partial charge in [0.25, 0.3) is 10.0 Å². The Morgan fingerprint density at radius 1 is 1.14 bits per heavy atom. The number of hydrogen-bond donors (Lipinski definition) is 4. The first kappa shape index (κ1) is 31.0. The summed E-state index contributed by atoms with van der Waals surface area (Å²) in [6.07, 6.45) is -0.214. The van der Waals surface area contributed by atoms with E-state index in [1.54, 1.807) is 47.6 Å². The molecule has 36 heavy (non-hydrogen) atoms. The van der Waals surface area contributed by atoms with Gasteiger partial charge in [0.2, 0.25) is 11.9 Å². The monoisotopic (exact) mass is 529 g/mol. The van der Waals surface area contributed by atoms with Crippen LogP contribution in [0.15, 0.2) is 16.0 Å². The van der Waals surface area contributed by atoms with Crippen molar-refractivity contribution in [1.29, 1.82) is 0 Å². The predicted octanol–water partition coefficient (Wildman–Crippen LogP) is 1.61. The van der Waals surface area contributed by atoms with Gasteiger partial charge in [-0.05, 0) is 77.1 Å². The summed E-state index contributed by atoms with van der Waals surface area (Å²) in [5, 5.41) is 5.06. The van der Waals surface area contributed by atoms with Gasteiger partial charge >= 0.3 is 6.09 Å². The van der Waals surface area contributed by atoms with E-state index in [1.165, 1.54) is 14.2 Å². The molecule has 0 spiro atoms. The van der Waals surface area contributed by atoms with Crippen molar-refractivity contribution in [1.82, 2.24) is 15.4 Å². The van der Waals surface area contributed by atoms with Gasteiger partial charge in [-0.15, -0.1) is 0 Å². The zero-order valence-corrected chi connectivity index (χ0v) is 23.1. The lowest BCUT2D eigenvalue weighted by atomic mass is 10.1. The lowest BCUT2D eigenvalue weighted by Gasteiger charge is -2.23. The fraction of sp³-hybridized carbons (Fsp3) is 0.609. The molecule has 0 unspecified atom stereocenters. The fourth-order valence-corrected chi connectivity index (χ4v) is 4.83. The Balaban J connectivity index is 2.86. The number of alkyl carbamates (subject to hydrolysis) is 1. The molecule has 0 aromatic heterocycles. The number of ether oxygens (including phenoxy) is 3. The van der Waals surface area contributed by atoms with Crippen LogP contribution in [0.4, 0.5) is 4.79 Å². The van der Waals surface area contributed by atoms with Gasteiger partial charge in [0.15, 0.2) is 0 Å². The fourth-order valence-electron chi connectivity index (χ4n) is 3.35. The number of rotatable bonds is 11. The zero-order valence-electron chi connectivity index (χ0n) is 22.3. The number of carbonyl (C=O) groups is 2. The molecule has 2 amide bonds. The second kappa shape index (κ2) is 13.3. The number of aryl methyl sites for hydroxylation is 1. The molecule has 0 aliphatic carbocycles. The highest BCUT2D eigenvalue weighted by atomic mass is 32.2. The van der Waals surface area contributed by atoms with Crippen molar-refractivity contribution in [3.05, 3.63) is 22.8 Å². The highest BCUT2D eigenvalue weighted by molar-refractivity contribution is 7.90. The molecule has 1 rings (SSSR count). The minimum Gasteiger partial charge on any atom is -0.496 e. The molecule has 13 heteroatoms. The normalized spacial score (nSPS) is 13.1. The number of guanidine groups is 1. The van der Waals surface area contributed by atoms with E-state index < -0.39 is 33.7 Å². The van der Waals surface area contributed by atoms with Crippen molar-refractivity contribution in [3.8, 4) is 5.75 Å². The maximum atomic E-state index is 13.0. The number of hydrogen-bond acceptors (Lipinski definition) is 8. The van der Waals surface area contributed by atoms with Crippen LogP contribution in [0.25, 0.3) is 0 Å². The van der Waals surface area contributed by atoms with Gasteiger partial charge in [-0.2, -0.15) is 0 Å². The van der Waals surface area contributed by atoms with Gasteiger partial charge in [0, 0.05) is 13.7 Å². The van der Waals surface area contributed by atoms with Gasteiger partial charge in [0.05, 0.1) is 12.0 Å². The molecule has 0 aliphatic rings. The lowest BCUT2D eigenvalue weighted by molar-refractivity contribution is -0.124. The summed E-state index contributed by atoms with van der Waals surface area (Å²) in [6, 6.07) is 0.743. The molecule has 1 atom stereocenters. The van der Waals surface area contributed by atoms with Crippen LogP contribution in [-0.2, 0) is 24.3 Å².